The number of nitrogens with one attached hydrogen (secondary N) is 1. The summed E-state index contributed by atoms with van der Waals surface area (Å²) in [5.41, 5.74) is -0.444. The van der Waals surface area contributed by atoms with Gasteiger partial charge in [0.2, 0.25) is 5.91 Å². The molecule has 1 fully saturated rings. The highest BCUT2D eigenvalue weighted by atomic mass is 16.5. The summed E-state index contributed by atoms with van der Waals surface area (Å²) in [6, 6.07) is -0.167. The van der Waals surface area contributed by atoms with Gasteiger partial charge in [0, 0.05) is 31.7 Å². The van der Waals surface area contributed by atoms with Crippen molar-refractivity contribution in [3.8, 4) is 12.3 Å². The second-order valence-corrected chi connectivity index (χ2v) is 6.48. The molecule has 2 aliphatic carbocycles. The van der Waals surface area contributed by atoms with Crippen LogP contribution in [-0.4, -0.2) is 30.7 Å². The van der Waals surface area contributed by atoms with Crippen LogP contribution in [0.5, 0.6) is 0 Å². The van der Waals surface area contributed by atoms with Crippen molar-refractivity contribution >= 4 is 11.9 Å². The fourth-order valence-electron chi connectivity index (χ4n) is 3.72. The van der Waals surface area contributed by atoms with E-state index in [1.165, 1.54) is 7.11 Å². The summed E-state index contributed by atoms with van der Waals surface area (Å²) in [6.45, 7) is 0. The van der Waals surface area contributed by atoms with Gasteiger partial charge in [-0.15, -0.1) is 12.3 Å². The first kappa shape index (κ1) is 15.7. The fourth-order valence-corrected chi connectivity index (χ4v) is 3.72. The van der Waals surface area contributed by atoms with E-state index in [4.69, 9.17) is 11.2 Å². The van der Waals surface area contributed by atoms with E-state index in [-0.39, 0.29) is 35.7 Å². The lowest BCUT2D eigenvalue weighted by molar-refractivity contribution is -0.147. The van der Waals surface area contributed by atoms with Gasteiger partial charge >= 0.3 is 5.97 Å². The second kappa shape index (κ2) is 6.15. The Morgan fingerprint density at radius 3 is 2.74 bits per heavy atom. The van der Waals surface area contributed by atoms with Gasteiger partial charge in [-0.2, -0.15) is 10.2 Å². The molecule has 1 saturated carbocycles. The minimum Gasteiger partial charge on any atom is -0.469 e. The normalized spacial score (nSPS) is 31.7. The predicted molar refractivity (Wildman–Crippen MR) is 83.1 cm³/mol. The molecular formula is C17H21N3O3. The van der Waals surface area contributed by atoms with Crippen molar-refractivity contribution in [1.82, 2.24) is 5.32 Å². The third kappa shape index (κ3) is 3.14. The Morgan fingerprint density at radius 1 is 1.35 bits per heavy atom. The molecule has 6 nitrogen and oxygen atoms in total. The van der Waals surface area contributed by atoms with Crippen molar-refractivity contribution in [1.29, 1.82) is 0 Å². The molecule has 6 heteroatoms. The first-order valence-corrected chi connectivity index (χ1v) is 8.01. The number of carbonyl (C=O) groups is 2. The van der Waals surface area contributed by atoms with E-state index in [9.17, 15) is 9.59 Å². The smallest absolute Gasteiger partial charge is 0.311 e. The first-order valence-electron chi connectivity index (χ1n) is 8.01. The SMILES string of the molecule is C#CCCC1(CCC(=O)N[C@H]2[C@@H](C(=O)OC)[C@@H]3C=C[C@H]2C3)N=N1. The van der Waals surface area contributed by atoms with Crippen LogP contribution in [0.1, 0.15) is 32.1 Å². The van der Waals surface area contributed by atoms with Gasteiger partial charge in [-0.25, -0.2) is 0 Å². The molecule has 0 aromatic carbocycles. The average Bonchev–Trinajstić information content (AvgIpc) is 3.04. The molecular weight excluding hydrogens is 294 g/mol. The molecule has 122 valence electrons. The lowest BCUT2D eigenvalue weighted by atomic mass is 9.88. The van der Waals surface area contributed by atoms with E-state index < -0.39 is 5.66 Å². The Morgan fingerprint density at radius 2 is 2.09 bits per heavy atom. The quantitative estimate of drug-likeness (QED) is 0.442. The molecule has 0 aromatic heterocycles. The molecule has 1 heterocycles. The molecule has 23 heavy (non-hydrogen) atoms. The number of carbonyl (C=O) groups excluding carboxylic acids is 2. The van der Waals surface area contributed by atoms with E-state index in [2.05, 4.69) is 33.6 Å². The van der Waals surface area contributed by atoms with Gasteiger partial charge in [0.25, 0.3) is 0 Å². The minimum absolute atomic E-state index is 0.0674. The number of allylic oxidation sites excluding steroid dienone is 1. The van der Waals surface area contributed by atoms with E-state index in [1.54, 1.807) is 0 Å². The van der Waals surface area contributed by atoms with Crippen LogP contribution in [0, 0.1) is 30.1 Å². The maximum absolute atomic E-state index is 12.3. The molecule has 0 spiro atoms. The molecule has 1 amide bonds. The number of fused-ring (bicyclic) bond motifs is 2. The Balaban J connectivity index is 1.52. The Bertz CT molecular complexity index is 599. The highest BCUT2D eigenvalue weighted by Crippen LogP contribution is 2.44. The second-order valence-electron chi connectivity index (χ2n) is 6.48. The largest absolute Gasteiger partial charge is 0.469 e. The third-order valence-corrected chi connectivity index (χ3v) is 5.07. The summed E-state index contributed by atoms with van der Waals surface area (Å²) < 4.78 is 4.89. The maximum atomic E-state index is 12.3. The van der Waals surface area contributed by atoms with Crippen molar-refractivity contribution in [3.05, 3.63) is 12.2 Å². The molecule has 3 aliphatic rings. The van der Waals surface area contributed by atoms with Crippen LogP contribution in [0.25, 0.3) is 0 Å². The standard InChI is InChI=1S/C17H21N3O3/c1-3-4-8-17(19-20-17)9-7-13(21)18-15-12-6-5-11(10-12)14(15)16(22)23-2/h1,5-6,11-12,14-15H,4,7-10H2,2H3,(H,18,21)/t11-,12+,14+,15-/m1/s1. The monoisotopic (exact) mass is 315 g/mol. The number of methoxy groups -OCH3 is 1. The zero-order valence-electron chi connectivity index (χ0n) is 13.2. The van der Waals surface area contributed by atoms with Crippen molar-refractivity contribution in [3.63, 3.8) is 0 Å². The maximum Gasteiger partial charge on any atom is 0.311 e. The van der Waals surface area contributed by atoms with Crippen LogP contribution in [-0.2, 0) is 14.3 Å². The molecule has 0 unspecified atom stereocenters. The van der Waals surface area contributed by atoms with Crippen molar-refractivity contribution in [2.24, 2.45) is 28.0 Å². The van der Waals surface area contributed by atoms with E-state index in [1.807, 2.05) is 0 Å². The Hall–Kier alpha value is -2.16. The summed E-state index contributed by atoms with van der Waals surface area (Å²) in [6.07, 6.45) is 12.5. The Kier molecular flexibility index (Phi) is 4.20. The van der Waals surface area contributed by atoms with Gasteiger partial charge in [0.1, 0.15) is 0 Å². The number of esters is 1. The molecule has 4 atom stereocenters. The molecule has 1 N–H and O–H groups in total. The number of rotatable bonds is 7. The van der Waals surface area contributed by atoms with E-state index in [0.29, 0.717) is 25.7 Å². The Labute approximate surface area is 135 Å². The summed E-state index contributed by atoms with van der Waals surface area (Å²) in [4.78, 5) is 24.3. The van der Waals surface area contributed by atoms with Crippen LogP contribution < -0.4 is 5.32 Å². The van der Waals surface area contributed by atoms with Gasteiger partial charge in [-0.05, 0) is 18.3 Å². The van der Waals surface area contributed by atoms with Crippen molar-refractivity contribution in [2.75, 3.05) is 7.11 Å². The van der Waals surface area contributed by atoms with Gasteiger partial charge < -0.3 is 10.1 Å². The number of terminal acetylenes is 1. The lowest BCUT2D eigenvalue weighted by Gasteiger charge is -2.27. The summed E-state index contributed by atoms with van der Waals surface area (Å²) in [5.74, 6) is 2.38. The highest BCUT2D eigenvalue weighted by Gasteiger charge is 2.49. The third-order valence-electron chi connectivity index (χ3n) is 5.07. The topological polar surface area (TPSA) is 80.1 Å². The lowest BCUT2D eigenvalue weighted by Crippen LogP contribution is -2.46. The molecule has 0 saturated heterocycles. The number of hydrogen-bond donors (Lipinski definition) is 1. The summed E-state index contributed by atoms with van der Waals surface area (Å²) in [5, 5.41) is 11.1. The van der Waals surface area contributed by atoms with Crippen LogP contribution in [0.2, 0.25) is 0 Å². The zero-order valence-corrected chi connectivity index (χ0v) is 13.2. The van der Waals surface area contributed by atoms with Gasteiger partial charge in [0.05, 0.1) is 13.0 Å². The van der Waals surface area contributed by atoms with E-state index in [0.717, 1.165) is 6.42 Å². The highest BCUT2D eigenvalue weighted by molar-refractivity contribution is 5.80. The molecule has 0 radical (unpaired) electrons. The van der Waals surface area contributed by atoms with Gasteiger partial charge in [0.15, 0.2) is 5.66 Å². The number of hydrogen-bond acceptors (Lipinski definition) is 5. The molecule has 0 aromatic rings. The molecule has 3 rings (SSSR count). The zero-order chi connectivity index (χ0) is 16.4. The number of ether oxygens (including phenoxy) is 1. The van der Waals surface area contributed by atoms with Crippen LogP contribution in [0.15, 0.2) is 22.4 Å². The van der Waals surface area contributed by atoms with Crippen molar-refractivity contribution in [2.45, 2.75) is 43.8 Å². The molecule has 1 aliphatic heterocycles. The van der Waals surface area contributed by atoms with Gasteiger partial charge in [-0.1, -0.05) is 12.2 Å². The van der Waals surface area contributed by atoms with Crippen LogP contribution >= 0.6 is 0 Å². The van der Waals surface area contributed by atoms with Crippen molar-refractivity contribution < 1.29 is 14.3 Å². The summed E-state index contributed by atoms with van der Waals surface area (Å²) in [7, 11) is 1.39. The number of amides is 1. The summed E-state index contributed by atoms with van der Waals surface area (Å²) >= 11 is 0. The van der Waals surface area contributed by atoms with Crippen LogP contribution in [0.4, 0.5) is 0 Å². The number of nitrogens with zero attached hydrogens (tertiary/aromatic N) is 2. The fraction of sp³-hybridized carbons (Fsp3) is 0.647. The molecule has 2 bridgehead atoms. The average molecular weight is 315 g/mol. The first-order chi connectivity index (χ1) is 11.1. The van der Waals surface area contributed by atoms with Gasteiger partial charge in [-0.3, -0.25) is 9.59 Å². The van der Waals surface area contributed by atoms with Crippen LogP contribution in [0.3, 0.4) is 0 Å². The van der Waals surface area contributed by atoms with E-state index >= 15 is 0 Å². The predicted octanol–water partition coefficient (Wildman–Crippen LogP) is 1.82. The minimum atomic E-state index is -0.444.